The number of benzene rings is 1. The lowest BCUT2D eigenvalue weighted by atomic mass is 10.0. The van der Waals surface area contributed by atoms with E-state index < -0.39 is 0 Å². The number of carbonyl (C=O) groups is 2. The van der Waals surface area contributed by atoms with E-state index in [-0.39, 0.29) is 11.9 Å². The largest absolute Gasteiger partial charge is 0.352 e. The van der Waals surface area contributed by atoms with Gasteiger partial charge in [0.2, 0.25) is 0 Å². The van der Waals surface area contributed by atoms with E-state index in [1.807, 2.05) is 25.1 Å². The van der Waals surface area contributed by atoms with E-state index in [0.29, 0.717) is 24.6 Å². The zero-order valence-corrected chi connectivity index (χ0v) is 17.7. The number of carbonyl (C=O) groups excluding carboxylic acids is 2. The minimum Gasteiger partial charge on any atom is -0.352 e. The predicted octanol–water partition coefficient (Wildman–Crippen LogP) is 5.02. The van der Waals surface area contributed by atoms with Crippen molar-refractivity contribution in [3.05, 3.63) is 34.4 Å². The third-order valence-electron chi connectivity index (χ3n) is 5.56. The molecule has 0 unspecified atom stereocenters. The van der Waals surface area contributed by atoms with Gasteiger partial charge in [-0.15, -0.1) is 0 Å². The quantitative estimate of drug-likeness (QED) is 0.687. The zero-order chi connectivity index (χ0) is 19.4. The first kappa shape index (κ1) is 19.9. The molecule has 1 aromatic heterocycles. The van der Waals surface area contributed by atoms with Crippen molar-refractivity contribution in [2.75, 3.05) is 20.1 Å². The van der Waals surface area contributed by atoms with Gasteiger partial charge in [-0.1, -0.05) is 47.7 Å². The van der Waals surface area contributed by atoms with E-state index in [2.05, 4.69) is 21.2 Å². The molecule has 0 spiro atoms. The first-order chi connectivity index (χ1) is 13.0. The lowest BCUT2D eigenvalue weighted by Gasteiger charge is -2.15. The number of hydrogen-bond donors (Lipinski definition) is 1. The lowest BCUT2D eigenvalue weighted by molar-refractivity contribution is 0.0947. The number of fused-ring (bicyclic) bond motifs is 1. The summed E-state index contributed by atoms with van der Waals surface area (Å²) in [5.41, 5.74) is 1.29. The molecule has 6 heteroatoms. The van der Waals surface area contributed by atoms with Crippen LogP contribution in [0.5, 0.6) is 0 Å². The summed E-state index contributed by atoms with van der Waals surface area (Å²) in [7, 11) is 1.76. The maximum absolute atomic E-state index is 12.9. The number of amides is 2. The van der Waals surface area contributed by atoms with E-state index in [0.717, 1.165) is 15.4 Å². The summed E-state index contributed by atoms with van der Waals surface area (Å²) in [6.07, 6.45) is 9.16. The molecule has 1 aliphatic carbocycles. The molecule has 2 amide bonds. The molecule has 0 atom stereocenters. The number of hydrogen-bond acceptors (Lipinski definition) is 2. The highest BCUT2D eigenvalue weighted by Gasteiger charge is 2.22. The summed E-state index contributed by atoms with van der Waals surface area (Å²) in [6, 6.07) is 5.53. The number of halogens is 1. The van der Waals surface area contributed by atoms with E-state index in [4.69, 9.17) is 0 Å². The third kappa shape index (κ3) is 4.37. The fraction of sp³-hybridized carbons (Fsp3) is 0.524. The van der Waals surface area contributed by atoms with Crippen LogP contribution in [0.15, 0.2) is 28.9 Å². The molecular formula is C21H28BrN3O2. The van der Waals surface area contributed by atoms with Crippen LogP contribution in [0.2, 0.25) is 0 Å². The van der Waals surface area contributed by atoms with Gasteiger partial charge in [0.05, 0.1) is 11.1 Å². The van der Waals surface area contributed by atoms with E-state index in [1.165, 1.54) is 38.5 Å². The van der Waals surface area contributed by atoms with Crippen molar-refractivity contribution < 1.29 is 9.59 Å². The predicted molar refractivity (Wildman–Crippen MR) is 112 cm³/mol. The summed E-state index contributed by atoms with van der Waals surface area (Å²) in [4.78, 5) is 27.3. The van der Waals surface area contributed by atoms with Gasteiger partial charge in [0.25, 0.3) is 5.91 Å². The SMILES string of the molecule is CCN(C)C(=O)n1cc(C(=O)NCC2CCCCCC2)c2c(Br)cccc21. The van der Waals surface area contributed by atoms with Gasteiger partial charge in [0.1, 0.15) is 0 Å². The monoisotopic (exact) mass is 433 g/mol. The van der Waals surface area contributed by atoms with Crippen LogP contribution in [0.25, 0.3) is 10.9 Å². The summed E-state index contributed by atoms with van der Waals surface area (Å²) >= 11 is 3.55. The van der Waals surface area contributed by atoms with Crippen LogP contribution in [0.4, 0.5) is 4.79 Å². The molecule has 1 aromatic carbocycles. The molecule has 1 heterocycles. The van der Waals surface area contributed by atoms with Crippen LogP contribution in [0.3, 0.4) is 0 Å². The molecule has 146 valence electrons. The molecule has 2 aromatic rings. The normalized spacial score (nSPS) is 15.5. The molecule has 1 saturated carbocycles. The van der Waals surface area contributed by atoms with Crippen LogP contribution in [0.1, 0.15) is 55.8 Å². The average Bonchev–Trinajstić information content (AvgIpc) is 2.88. The van der Waals surface area contributed by atoms with Crippen LogP contribution in [-0.4, -0.2) is 41.5 Å². The molecule has 0 aliphatic heterocycles. The second-order valence-corrected chi connectivity index (χ2v) is 8.27. The minimum absolute atomic E-state index is 0.109. The van der Waals surface area contributed by atoms with Gasteiger partial charge in [-0.25, -0.2) is 4.79 Å². The van der Waals surface area contributed by atoms with Crippen molar-refractivity contribution in [3.8, 4) is 0 Å². The Balaban J connectivity index is 1.86. The molecule has 5 nitrogen and oxygen atoms in total. The summed E-state index contributed by atoms with van der Waals surface area (Å²) in [5.74, 6) is 0.447. The third-order valence-corrected chi connectivity index (χ3v) is 6.22. The van der Waals surface area contributed by atoms with Gasteiger partial charge in [-0.05, 0) is 37.8 Å². The molecule has 0 bridgehead atoms. The first-order valence-corrected chi connectivity index (χ1v) is 10.7. The van der Waals surface area contributed by atoms with E-state index >= 15 is 0 Å². The van der Waals surface area contributed by atoms with Gasteiger partial charge in [-0.2, -0.15) is 0 Å². The molecule has 0 saturated heterocycles. The van der Waals surface area contributed by atoms with E-state index in [9.17, 15) is 9.59 Å². The number of nitrogens with zero attached hydrogens (tertiary/aromatic N) is 2. The fourth-order valence-electron chi connectivity index (χ4n) is 3.79. The highest BCUT2D eigenvalue weighted by Crippen LogP contribution is 2.30. The van der Waals surface area contributed by atoms with Crippen LogP contribution < -0.4 is 5.32 Å². The summed E-state index contributed by atoms with van der Waals surface area (Å²) in [6.45, 7) is 3.24. The Labute approximate surface area is 169 Å². The zero-order valence-electron chi connectivity index (χ0n) is 16.1. The van der Waals surface area contributed by atoms with Crippen molar-refractivity contribution >= 4 is 38.8 Å². The molecular weight excluding hydrogens is 406 g/mol. The number of nitrogens with one attached hydrogen (secondary N) is 1. The number of aromatic nitrogens is 1. The molecule has 3 rings (SSSR count). The first-order valence-electron chi connectivity index (χ1n) is 9.86. The molecule has 1 N–H and O–H groups in total. The Morgan fingerprint density at radius 2 is 1.93 bits per heavy atom. The summed E-state index contributed by atoms with van der Waals surface area (Å²) < 4.78 is 2.40. The topological polar surface area (TPSA) is 54.3 Å². The number of rotatable bonds is 4. The smallest absolute Gasteiger partial charge is 0.328 e. The van der Waals surface area contributed by atoms with Crippen LogP contribution >= 0.6 is 15.9 Å². The fourth-order valence-corrected chi connectivity index (χ4v) is 4.36. The highest BCUT2D eigenvalue weighted by molar-refractivity contribution is 9.10. The Kier molecular flexibility index (Phi) is 6.58. The van der Waals surface area contributed by atoms with E-state index in [1.54, 1.807) is 22.7 Å². The summed E-state index contributed by atoms with van der Waals surface area (Å²) in [5, 5.41) is 3.90. The Morgan fingerprint density at radius 1 is 1.22 bits per heavy atom. The molecule has 0 radical (unpaired) electrons. The van der Waals surface area contributed by atoms with Gasteiger partial charge in [0.15, 0.2) is 0 Å². The van der Waals surface area contributed by atoms with Gasteiger partial charge < -0.3 is 10.2 Å². The molecule has 1 aliphatic rings. The van der Waals surface area contributed by atoms with Gasteiger partial charge >= 0.3 is 6.03 Å². The molecule has 27 heavy (non-hydrogen) atoms. The highest BCUT2D eigenvalue weighted by atomic mass is 79.9. The second-order valence-electron chi connectivity index (χ2n) is 7.41. The second kappa shape index (κ2) is 8.91. The Morgan fingerprint density at radius 3 is 2.59 bits per heavy atom. The van der Waals surface area contributed by atoms with Crippen molar-refractivity contribution in [1.82, 2.24) is 14.8 Å². The van der Waals surface area contributed by atoms with Crippen molar-refractivity contribution in [3.63, 3.8) is 0 Å². The van der Waals surface area contributed by atoms with Gasteiger partial charge in [-0.3, -0.25) is 9.36 Å². The van der Waals surface area contributed by atoms with Crippen molar-refractivity contribution in [1.29, 1.82) is 0 Å². The average molecular weight is 434 g/mol. The Hall–Kier alpha value is -1.82. The van der Waals surface area contributed by atoms with Crippen molar-refractivity contribution in [2.45, 2.75) is 45.4 Å². The van der Waals surface area contributed by atoms with Crippen molar-refractivity contribution in [2.24, 2.45) is 5.92 Å². The van der Waals surface area contributed by atoms with Crippen LogP contribution in [-0.2, 0) is 0 Å². The molecule has 1 fully saturated rings. The maximum Gasteiger partial charge on any atom is 0.328 e. The Bertz CT molecular complexity index is 822. The standard InChI is InChI=1S/C21H28BrN3O2/c1-3-24(2)21(27)25-14-16(19-17(22)11-8-12-18(19)25)20(26)23-13-15-9-6-4-5-7-10-15/h8,11-12,14-15H,3-7,9-10,13H2,1-2H3,(H,23,26). The lowest BCUT2D eigenvalue weighted by Crippen LogP contribution is -2.31. The minimum atomic E-state index is -0.136. The van der Waals surface area contributed by atoms with Crippen LogP contribution in [0, 0.1) is 5.92 Å². The maximum atomic E-state index is 12.9. The van der Waals surface area contributed by atoms with Gasteiger partial charge in [0, 0.05) is 36.2 Å².